The molecule has 1 saturated heterocycles. The minimum absolute atomic E-state index is 0.0360. The van der Waals surface area contributed by atoms with Crippen LogP contribution in [-0.4, -0.2) is 43.8 Å². The Balaban J connectivity index is 1.78. The fraction of sp³-hybridized carbons (Fsp3) is 0.870. The van der Waals surface area contributed by atoms with E-state index in [1.165, 1.54) is 70.6 Å². The van der Waals surface area contributed by atoms with Gasteiger partial charge in [-0.1, -0.05) is 70.4 Å². The van der Waals surface area contributed by atoms with Crippen LogP contribution in [-0.2, 0) is 9.53 Å². The smallest absolute Gasteiger partial charge is 0.307 e. The van der Waals surface area contributed by atoms with Crippen molar-refractivity contribution in [2.24, 2.45) is 0 Å². The lowest BCUT2D eigenvalue weighted by atomic mass is 10.1. The number of carbonyl (C=O) groups excluding carboxylic acids is 1. The van der Waals surface area contributed by atoms with Crippen LogP contribution in [0.1, 0.15) is 96.8 Å². The van der Waals surface area contributed by atoms with Crippen LogP contribution >= 0.6 is 0 Å². The van der Waals surface area contributed by atoms with Gasteiger partial charge in [0.25, 0.3) is 0 Å². The molecule has 1 rings (SSSR count). The first-order chi connectivity index (χ1) is 13.3. The highest BCUT2D eigenvalue weighted by Crippen LogP contribution is 2.10. The average molecular weight is 381 g/mol. The predicted molar refractivity (Wildman–Crippen MR) is 115 cm³/mol. The molecule has 0 atom stereocenters. The number of unbranched alkanes of at least 4 members (excludes halogenated alkanes) is 11. The van der Waals surface area contributed by atoms with Crippen molar-refractivity contribution in [2.45, 2.75) is 96.8 Å². The maximum absolute atomic E-state index is 11.7. The van der Waals surface area contributed by atoms with Crippen molar-refractivity contribution in [3.8, 4) is 0 Å². The van der Waals surface area contributed by atoms with Crippen molar-refractivity contribution in [3.05, 3.63) is 12.2 Å². The Kier molecular flexibility index (Phi) is 16.6. The third-order valence-corrected chi connectivity index (χ3v) is 5.26. The number of hydrogen-bond acceptors (Lipinski definition) is 4. The van der Waals surface area contributed by atoms with Gasteiger partial charge in [-0.2, -0.15) is 0 Å². The Hall–Kier alpha value is -0.870. The highest BCUT2D eigenvalue weighted by atomic mass is 16.5. The number of ether oxygens (including phenoxy) is 1. The van der Waals surface area contributed by atoms with E-state index < -0.39 is 0 Å². The van der Waals surface area contributed by atoms with Gasteiger partial charge in [0, 0.05) is 32.6 Å². The van der Waals surface area contributed by atoms with Gasteiger partial charge in [0.2, 0.25) is 0 Å². The summed E-state index contributed by atoms with van der Waals surface area (Å²) in [5, 5.41) is 3.30. The summed E-state index contributed by atoms with van der Waals surface area (Å²) in [5.41, 5.74) is 0. The van der Waals surface area contributed by atoms with Crippen molar-refractivity contribution in [1.82, 2.24) is 10.2 Å². The van der Waals surface area contributed by atoms with Crippen LogP contribution in [0.5, 0.6) is 0 Å². The van der Waals surface area contributed by atoms with Crippen LogP contribution in [0.4, 0.5) is 0 Å². The first kappa shape index (κ1) is 24.2. The van der Waals surface area contributed by atoms with E-state index in [1.54, 1.807) is 0 Å². The van der Waals surface area contributed by atoms with E-state index in [0.717, 1.165) is 39.0 Å². The van der Waals surface area contributed by atoms with E-state index >= 15 is 0 Å². The van der Waals surface area contributed by atoms with Gasteiger partial charge in [-0.25, -0.2) is 0 Å². The van der Waals surface area contributed by atoms with Crippen molar-refractivity contribution >= 4 is 5.97 Å². The topological polar surface area (TPSA) is 41.6 Å². The lowest BCUT2D eigenvalue weighted by Gasteiger charge is -2.26. The summed E-state index contributed by atoms with van der Waals surface area (Å²) in [6.07, 6.45) is 22.0. The van der Waals surface area contributed by atoms with Crippen molar-refractivity contribution in [3.63, 3.8) is 0 Å². The molecule has 4 heteroatoms. The van der Waals surface area contributed by atoms with Crippen LogP contribution in [0.15, 0.2) is 12.2 Å². The summed E-state index contributed by atoms with van der Waals surface area (Å²) >= 11 is 0. The lowest BCUT2D eigenvalue weighted by Crippen LogP contribution is -2.44. The fourth-order valence-electron chi connectivity index (χ4n) is 3.42. The highest BCUT2D eigenvalue weighted by molar-refractivity contribution is 5.69. The van der Waals surface area contributed by atoms with Gasteiger partial charge < -0.3 is 10.1 Å². The van der Waals surface area contributed by atoms with Crippen molar-refractivity contribution < 1.29 is 9.53 Å². The van der Waals surface area contributed by atoms with Gasteiger partial charge in [-0.3, -0.25) is 9.69 Å². The third-order valence-electron chi connectivity index (χ3n) is 5.26. The Morgan fingerprint density at radius 1 is 0.852 bits per heavy atom. The number of nitrogens with zero attached hydrogens (tertiary/aromatic N) is 1. The summed E-state index contributed by atoms with van der Waals surface area (Å²) in [7, 11) is 0. The minimum atomic E-state index is -0.0360. The molecule has 0 spiro atoms. The van der Waals surface area contributed by atoms with Crippen LogP contribution in [0, 0.1) is 0 Å². The van der Waals surface area contributed by atoms with Crippen LogP contribution in [0.25, 0.3) is 0 Å². The second kappa shape index (κ2) is 18.5. The summed E-state index contributed by atoms with van der Waals surface area (Å²) in [4.78, 5) is 13.9. The van der Waals surface area contributed by atoms with E-state index in [-0.39, 0.29) is 5.97 Å². The molecule has 158 valence electrons. The normalized spacial score (nSPS) is 15.4. The number of carbonyl (C=O) groups is 1. The molecule has 1 aliphatic rings. The highest BCUT2D eigenvalue weighted by Gasteiger charge is 2.11. The number of piperazine rings is 1. The largest absolute Gasteiger partial charge is 0.449 e. The van der Waals surface area contributed by atoms with Gasteiger partial charge in [-0.15, -0.1) is 0 Å². The molecule has 0 amide bonds. The van der Waals surface area contributed by atoms with E-state index in [0.29, 0.717) is 13.2 Å². The van der Waals surface area contributed by atoms with Crippen LogP contribution in [0.2, 0.25) is 0 Å². The average Bonchev–Trinajstić information content (AvgIpc) is 2.70. The molecule has 27 heavy (non-hydrogen) atoms. The zero-order valence-electron chi connectivity index (χ0n) is 17.9. The Morgan fingerprint density at radius 2 is 1.41 bits per heavy atom. The number of hydrogen-bond donors (Lipinski definition) is 1. The van der Waals surface area contributed by atoms with E-state index in [1.807, 2.05) is 0 Å². The first-order valence-corrected chi connectivity index (χ1v) is 11.6. The maximum Gasteiger partial charge on any atom is 0.307 e. The van der Waals surface area contributed by atoms with Gasteiger partial charge in [-0.05, 0) is 32.1 Å². The monoisotopic (exact) mass is 380 g/mol. The summed E-state index contributed by atoms with van der Waals surface area (Å²) in [5.74, 6) is -0.0360. The number of allylic oxidation sites excluding steroid dienone is 2. The maximum atomic E-state index is 11.7. The van der Waals surface area contributed by atoms with Gasteiger partial charge in [0.15, 0.2) is 0 Å². The van der Waals surface area contributed by atoms with Gasteiger partial charge in [0.05, 0.1) is 0 Å². The molecule has 1 aliphatic heterocycles. The molecular formula is C23H44N2O2. The van der Waals surface area contributed by atoms with E-state index in [9.17, 15) is 4.79 Å². The number of esters is 1. The fourth-order valence-corrected chi connectivity index (χ4v) is 3.42. The minimum Gasteiger partial charge on any atom is -0.449 e. The molecule has 0 aliphatic carbocycles. The molecule has 0 aromatic rings. The molecule has 0 bridgehead atoms. The van der Waals surface area contributed by atoms with Gasteiger partial charge in [0.1, 0.15) is 6.73 Å². The molecular weight excluding hydrogens is 336 g/mol. The molecule has 4 nitrogen and oxygen atoms in total. The molecule has 1 heterocycles. The Labute approximate surface area is 168 Å². The Bertz CT molecular complexity index is 365. The molecule has 0 unspecified atom stereocenters. The number of rotatable bonds is 17. The zero-order chi connectivity index (χ0) is 19.4. The second-order valence-electron chi connectivity index (χ2n) is 7.85. The molecule has 0 aromatic heterocycles. The molecule has 1 N–H and O–H groups in total. The summed E-state index contributed by atoms with van der Waals surface area (Å²) in [6, 6.07) is 0. The molecule has 0 aromatic carbocycles. The first-order valence-electron chi connectivity index (χ1n) is 11.6. The molecule has 0 saturated carbocycles. The quantitative estimate of drug-likeness (QED) is 0.207. The van der Waals surface area contributed by atoms with E-state index in [2.05, 4.69) is 29.3 Å². The molecule has 0 radical (unpaired) electrons. The number of nitrogens with one attached hydrogen (secondary N) is 1. The van der Waals surface area contributed by atoms with Crippen molar-refractivity contribution in [2.75, 3.05) is 32.9 Å². The van der Waals surface area contributed by atoms with Crippen LogP contribution in [0.3, 0.4) is 0 Å². The summed E-state index contributed by atoms with van der Waals surface area (Å²) in [6.45, 7) is 6.66. The third kappa shape index (κ3) is 15.8. The predicted octanol–water partition coefficient (Wildman–Crippen LogP) is 5.43. The van der Waals surface area contributed by atoms with Crippen molar-refractivity contribution in [1.29, 1.82) is 0 Å². The SMILES string of the molecule is CCCCCCCCC=CCCCCCCCC(=O)OCN1CCNCC1. The standard InChI is InChI=1S/C23H44N2O2/c1-2-3-4-5-6-7-8-9-10-11-12-13-14-15-16-17-23(26)27-22-25-20-18-24-19-21-25/h9-10,24H,2-8,11-22H2,1H3. The lowest BCUT2D eigenvalue weighted by molar-refractivity contribution is -0.148. The van der Waals surface area contributed by atoms with Crippen LogP contribution < -0.4 is 5.32 Å². The zero-order valence-corrected chi connectivity index (χ0v) is 17.9. The second-order valence-corrected chi connectivity index (χ2v) is 7.85. The van der Waals surface area contributed by atoms with Gasteiger partial charge >= 0.3 is 5.97 Å². The van der Waals surface area contributed by atoms with E-state index in [4.69, 9.17) is 4.74 Å². The summed E-state index contributed by atoms with van der Waals surface area (Å²) < 4.78 is 5.35. The Morgan fingerprint density at radius 3 is 2.04 bits per heavy atom. The molecule has 1 fully saturated rings.